The molecule has 27 heavy (non-hydrogen) atoms. The highest BCUT2D eigenvalue weighted by atomic mass is 16.2. The molecule has 3 rings (SSSR count). The van der Waals surface area contributed by atoms with Gasteiger partial charge in [0.2, 0.25) is 5.91 Å². The number of carbonyl (C=O) groups excluding carboxylic acids is 1. The molecule has 1 saturated heterocycles. The number of hydrogen-bond acceptors (Lipinski definition) is 2. The second-order valence-corrected chi connectivity index (χ2v) is 8.21. The van der Waals surface area contributed by atoms with Crippen LogP contribution in [0.3, 0.4) is 0 Å². The third-order valence-corrected chi connectivity index (χ3v) is 5.87. The van der Waals surface area contributed by atoms with E-state index in [1.54, 1.807) is 0 Å². The minimum atomic E-state index is 0.238. The molecular weight excluding hydrogens is 332 g/mol. The summed E-state index contributed by atoms with van der Waals surface area (Å²) < 4.78 is 0. The lowest BCUT2D eigenvalue weighted by Crippen LogP contribution is -2.43. The van der Waals surface area contributed by atoms with Crippen LogP contribution in [0.15, 0.2) is 47.6 Å². The molecule has 1 atom stereocenters. The topological polar surface area (TPSA) is 23.6 Å². The summed E-state index contributed by atoms with van der Waals surface area (Å²) in [6, 6.07) is 8.85. The number of hydrogen-bond donors (Lipinski definition) is 0. The van der Waals surface area contributed by atoms with Gasteiger partial charge >= 0.3 is 0 Å². The molecule has 0 aromatic heterocycles. The molecular formula is C24H34N2O. The Morgan fingerprint density at radius 2 is 2.15 bits per heavy atom. The first-order chi connectivity index (χ1) is 13.0. The lowest BCUT2D eigenvalue weighted by Gasteiger charge is -2.35. The minimum Gasteiger partial charge on any atom is -0.339 e. The van der Waals surface area contributed by atoms with E-state index >= 15 is 0 Å². The van der Waals surface area contributed by atoms with Crippen LogP contribution in [0, 0.1) is 12.8 Å². The molecule has 0 saturated carbocycles. The fraction of sp³-hybridized carbons (Fsp3) is 0.542. The molecule has 1 aromatic rings. The molecule has 146 valence electrons. The Kier molecular flexibility index (Phi) is 6.89. The molecule has 1 aromatic carbocycles. The van der Waals surface area contributed by atoms with Crippen molar-refractivity contribution in [2.45, 2.75) is 46.5 Å². The van der Waals surface area contributed by atoms with E-state index in [1.807, 2.05) is 0 Å². The summed E-state index contributed by atoms with van der Waals surface area (Å²) in [7, 11) is 0. The Morgan fingerprint density at radius 1 is 1.30 bits per heavy atom. The summed E-state index contributed by atoms with van der Waals surface area (Å²) >= 11 is 0. The van der Waals surface area contributed by atoms with Gasteiger partial charge in [0.1, 0.15) is 0 Å². The molecule has 1 aliphatic carbocycles. The van der Waals surface area contributed by atoms with Gasteiger partial charge in [-0.3, -0.25) is 4.79 Å². The quantitative estimate of drug-likeness (QED) is 0.715. The van der Waals surface area contributed by atoms with Crippen molar-refractivity contribution in [1.82, 2.24) is 9.80 Å². The van der Waals surface area contributed by atoms with Gasteiger partial charge in [0.25, 0.3) is 0 Å². The maximum Gasteiger partial charge on any atom is 0.250 e. The number of benzene rings is 1. The maximum atomic E-state index is 12.8. The van der Waals surface area contributed by atoms with Crippen molar-refractivity contribution in [2.24, 2.45) is 5.92 Å². The number of amides is 1. The van der Waals surface area contributed by atoms with Gasteiger partial charge < -0.3 is 9.80 Å². The third-order valence-electron chi connectivity index (χ3n) is 5.87. The molecule has 0 bridgehead atoms. The zero-order chi connectivity index (χ0) is 19.2. The first-order valence-corrected chi connectivity index (χ1v) is 10.5. The van der Waals surface area contributed by atoms with Crippen molar-refractivity contribution in [3.8, 4) is 0 Å². The zero-order valence-corrected chi connectivity index (χ0v) is 17.2. The van der Waals surface area contributed by atoms with Crippen LogP contribution in [0.4, 0.5) is 0 Å². The number of carbonyl (C=O) groups is 1. The standard InChI is InChI=1S/C24H34N2O/c1-4-26(24(27)23-11-10-20(3)16-23)18-22-9-6-13-25(17-22)14-12-21-8-5-7-19(2)15-21/h5,7-8,10,15-16,22H,4,6,9,11-14,17-18H2,1-3H3. The number of rotatable bonds is 7. The Bertz CT molecular complexity index is 719. The summed E-state index contributed by atoms with van der Waals surface area (Å²) in [6.07, 6.45) is 8.60. The van der Waals surface area contributed by atoms with Gasteiger partial charge in [-0.05, 0) is 64.5 Å². The molecule has 2 aliphatic rings. The van der Waals surface area contributed by atoms with E-state index in [0.717, 1.165) is 44.6 Å². The predicted octanol–water partition coefficient (Wildman–Crippen LogP) is 4.37. The third kappa shape index (κ3) is 5.55. The lowest BCUT2D eigenvalue weighted by molar-refractivity contribution is -0.127. The molecule has 0 radical (unpaired) electrons. The van der Waals surface area contributed by atoms with Gasteiger partial charge in [0, 0.05) is 31.8 Å². The summed E-state index contributed by atoms with van der Waals surface area (Å²) in [6.45, 7) is 11.5. The Morgan fingerprint density at radius 3 is 2.85 bits per heavy atom. The Hall–Kier alpha value is -1.87. The summed E-state index contributed by atoms with van der Waals surface area (Å²) in [4.78, 5) is 17.5. The number of likely N-dealkylation sites (N-methyl/N-ethyl adjacent to an activating group) is 1. The molecule has 0 N–H and O–H groups in total. The molecule has 1 unspecified atom stereocenters. The summed E-state index contributed by atoms with van der Waals surface area (Å²) in [5.74, 6) is 0.832. The van der Waals surface area contributed by atoms with Gasteiger partial charge in [0.15, 0.2) is 0 Å². The first kappa shape index (κ1) is 19.9. The van der Waals surface area contributed by atoms with E-state index in [-0.39, 0.29) is 5.91 Å². The van der Waals surface area contributed by atoms with Crippen molar-refractivity contribution in [2.75, 3.05) is 32.7 Å². The molecule has 3 nitrogen and oxygen atoms in total. The smallest absolute Gasteiger partial charge is 0.250 e. The maximum absolute atomic E-state index is 12.8. The van der Waals surface area contributed by atoms with Crippen LogP contribution in [0.25, 0.3) is 0 Å². The minimum absolute atomic E-state index is 0.238. The van der Waals surface area contributed by atoms with Crippen LogP contribution in [-0.4, -0.2) is 48.4 Å². The summed E-state index contributed by atoms with van der Waals surface area (Å²) in [5, 5.41) is 0. The highest BCUT2D eigenvalue weighted by Crippen LogP contribution is 2.22. The largest absolute Gasteiger partial charge is 0.339 e. The van der Waals surface area contributed by atoms with Gasteiger partial charge in [-0.25, -0.2) is 0 Å². The van der Waals surface area contributed by atoms with Crippen LogP contribution in [-0.2, 0) is 11.2 Å². The fourth-order valence-electron chi connectivity index (χ4n) is 4.34. The zero-order valence-electron chi connectivity index (χ0n) is 17.2. The van der Waals surface area contributed by atoms with Crippen molar-refractivity contribution in [1.29, 1.82) is 0 Å². The van der Waals surface area contributed by atoms with Crippen LogP contribution < -0.4 is 0 Å². The van der Waals surface area contributed by atoms with E-state index in [4.69, 9.17) is 0 Å². The van der Waals surface area contributed by atoms with E-state index in [2.05, 4.69) is 67.0 Å². The molecule has 0 spiro atoms. The van der Waals surface area contributed by atoms with Crippen molar-refractivity contribution in [3.63, 3.8) is 0 Å². The number of nitrogens with zero attached hydrogens (tertiary/aromatic N) is 2. The van der Waals surface area contributed by atoms with Crippen molar-refractivity contribution < 1.29 is 4.79 Å². The van der Waals surface area contributed by atoms with E-state index < -0.39 is 0 Å². The number of likely N-dealkylation sites (tertiary alicyclic amines) is 1. The average Bonchev–Trinajstić information content (AvgIpc) is 3.11. The van der Waals surface area contributed by atoms with Crippen molar-refractivity contribution in [3.05, 3.63) is 58.7 Å². The van der Waals surface area contributed by atoms with E-state index in [9.17, 15) is 4.79 Å². The summed E-state index contributed by atoms with van der Waals surface area (Å²) in [5.41, 5.74) is 4.95. The van der Waals surface area contributed by atoms with Gasteiger partial charge in [-0.2, -0.15) is 0 Å². The average molecular weight is 367 g/mol. The van der Waals surface area contributed by atoms with Crippen LogP contribution >= 0.6 is 0 Å². The van der Waals surface area contributed by atoms with E-state index in [1.165, 1.54) is 36.1 Å². The Balaban J connectivity index is 1.51. The second kappa shape index (κ2) is 9.36. The van der Waals surface area contributed by atoms with Crippen LogP contribution in [0.1, 0.15) is 44.2 Å². The monoisotopic (exact) mass is 366 g/mol. The highest BCUT2D eigenvalue weighted by Gasteiger charge is 2.25. The van der Waals surface area contributed by atoms with Crippen LogP contribution in [0.2, 0.25) is 0 Å². The van der Waals surface area contributed by atoms with Crippen molar-refractivity contribution >= 4 is 5.91 Å². The number of piperidine rings is 1. The number of allylic oxidation sites excluding steroid dienone is 3. The van der Waals surface area contributed by atoms with Crippen LogP contribution in [0.5, 0.6) is 0 Å². The predicted molar refractivity (Wildman–Crippen MR) is 113 cm³/mol. The molecule has 1 amide bonds. The SMILES string of the molecule is CCN(CC1CCCN(CCc2cccc(C)c2)C1)C(=O)C1=CC(C)=CC1. The second-order valence-electron chi connectivity index (χ2n) is 8.21. The fourth-order valence-corrected chi connectivity index (χ4v) is 4.34. The number of aryl methyl sites for hydroxylation is 1. The highest BCUT2D eigenvalue weighted by molar-refractivity contribution is 5.95. The molecule has 1 fully saturated rings. The normalized spacial score (nSPS) is 20.3. The van der Waals surface area contributed by atoms with E-state index in [0.29, 0.717) is 5.92 Å². The molecule has 3 heteroatoms. The van der Waals surface area contributed by atoms with Gasteiger partial charge in [0.05, 0.1) is 0 Å². The van der Waals surface area contributed by atoms with Gasteiger partial charge in [-0.15, -0.1) is 0 Å². The Labute approximate surface area is 164 Å². The van der Waals surface area contributed by atoms with Gasteiger partial charge in [-0.1, -0.05) is 47.6 Å². The molecule has 1 heterocycles. The lowest BCUT2D eigenvalue weighted by atomic mass is 9.96. The first-order valence-electron chi connectivity index (χ1n) is 10.5. The molecule has 1 aliphatic heterocycles.